The number of nitrogens with one attached hydrogen (secondary N) is 1. The Labute approximate surface area is 160 Å². The van der Waals surface area contributed by atoms with Gasteiger partial charge in [0.15, 0.2) is 0 Å². The number of rotatable bonds is 6. The van der Waals surface area contributed by atoms with Crippen molar-refractivity contribution in [2.75, 3.05) is 6.61 Å². The van der Waals surface area contributed by atoms with Gasteiger partial charge in [-0.25, -0.2) is 13.1 Å². The molecule has 144 valence electrons. The molecule has 1 aliphatic carbocycles. The third-order valence-corrected chi connectivity index (χ3v) is 6.61. The zero-order valence-corrected chi connectivity index (χ0v) is 16.6. The highest BCUT2D eigenvalue weighted by molar-refractivity contribution is 7.89. The van der Waals surface area contributed by atoms with Crippen LogP contribution in [0.4, 0.5) is 0 Å². The molecule has 0 radical (unpaired) electrons. The molecule has 0 amide bonds. The number of ether oxygens (including phenoxy) is 2. The molecule has 0 aromatic heterocycles. The highest BCUT2D eigenvalue weighted by Gasteiger charge is 2.23. The van der Waals surface area contributed by atoms with Crippen molar-refractivity contribution in [3.05, 3.63) is 52.6 Å². The molecule has 5 nitrogen and oxygen atoms in total. The summed E-state index contributed by atoms with van der Waals surface area (Å²) in [6.07, 6.45) is 4.06. The van der Waals surface area contributed by atoms with E-state index in [0.29, 0.717) is 17.3 Å². The van der Waals surface area contributed by atoms with Crippen LogP contribution >= 0.6 is 0 Å². The molecule has 1 heterocycles. The quantitative estimate of drug-likeness (QED) is 0.825. The minimum absolute atomic E-state index is 0.132. The van der Waals surface area contributed by atoms with Gasteiger partial charge in [-0.15, -0.1) is 0 Å². The Bertz CT molecular complexity index is 968. The number of fused-ring (bicyclic) bond motifs is 2. The molecule has 2 aromatic carbocycles. The molecule has 1 aliphatic heterocycles. The molecule has 1 atom stereocenters. The van der Waals surface area contributed by atoms with Gasteiger partial charge in [0, 0.05) is 24.1 Å². The van der Waals surface area contributed by atoms with Crippen molar-refractivity contribution in [2.45, 2.75) is 57.1 Å². The van der Waals surface area contributed by atoms with Crippen LogP contribution in [0.2, 0.25) is 0 Å². The first kappa shape index (κ1) is 18.3. The van der Waals surface area contributed by atoms with Gasteiger partial charge in [-0.1, -0.05) is 6.07 Å². The van der Waals surface area contributed by atoms with Crippen molar-refractivity contribution in [2.24, 2.45) is 0 Å². The largest absolute Gasteiger partial charge is 0.494 e. The van der Waals surface area contributed by atoms with E-state index in [1.165, 1.54) is 5.56 Å². The van der Waals surface area contributed by atoms with Crippen LogP contribution in [0, 0.1) is 0 Å². The maximum Gasteiger partial charge on any atom is 0.240 e. The summed E-state index contributed by atoms with van der Waals surface area (Å²) in [4.78, 5) is 0.326. The maximum atomic E-state index is 12.8. The van der Waals surface area contributed by atoms with Crippen molar-refractivity contribution >= 4 is 10.0 Å². The zero-order chi connectivity index (χ0) is 19.0. The summed E-state index contributed by atoms with van der Waals surface area (Å²) in [5.41, 5.74) is 4.30. The molecule has 2 aliphatic rings. The Kier molecular flexibility index (Phi) is 4.86. The van der Waals surface area contributed by atoms with Crippen molar-refractivity contribution in [3.8, 4) is 11.5 Å². The first-order valence-corrected chi connectivity index (χ1v) is 11.0. The topological polar surface area (TPSA) is 64.6 Å². The van der Waals surface area contributed by atoms with Crippen LogP contribution in [0.1, 0.15) is 42.5 Å². The zero-order valence-electron chi connectivity index (χ0n) is 15.7. The van der Waals surface area contributed by atoms with Crippen molar-refractivity contribution in [1.29, 1.82) is 0 Å². The lowest BCUT2D eigenvalue weighted by atomic mass is 10.1. The molecule has 4 rings (SSSR count). The lowest BCUT2D eigenvalue weighted by Crippen LogP contribution is -2.23. The summed E-state index contributed by atoms with van der Waals surface area (Å²) in [6.45, 7) is 4.64. The second-order valence-electron chi connectivity index (χ2n) is 7.24. The van der Waals surface area contributed by atoms with Crippen LogP contribution in [0.3, 0.4) is 0 Å². The van der Waals surface area contributed by atoms with Gasteiger partial charge < -0.3 is 9.47 Å². The van der Waals surface area contributed by atoms with Gasteiger partial charge in [0.2, 0.25) is 10.0 Å². The van der Waals surface area contributed by atoms with Gasteiger partial charge in [0.25, 0.3) is 0 Å². The van der Waals surface area contributed by atoms with Crippen molar-refractivity contribution in [3.63, 3.8) is 0 Å². The van der Waals surface area contributed by atoms with Gasteiger partial charge in [-0.2, -0.15) is 0 Å². The number of hydrogen-bond donors (Lipinski definition) is 1. The lowest BCUT2D eigenvalue weighted by molar-refractivity contribution is 0.254. The molecule has 0 unspecified atom stereocenters. The van der Waals surface area contributed by atoms with Gasteiger partial charge in [0.1, 0.15) is 17.6 Å². The Morgan fingerprint density at radius 3 is 2.78 bits per heavy atom. The highest BCUT2D eigenvalue weighted by Crippen LogP contribution is 2.35. The number of hydrogen-bond acceptors (Lipinski definition) is 4. The average Bonchev–Trinajstić information content (AvgIpc) is 3.24. The molecule has 1 N–H and O–H groups in total. The summed E-state index contributed by atoms with van der Waals surface area (Å²) in [7, 11) is -3.58. The van der Waals surface area contributed by atoms with Crippen LogP contribution in [0.15, 0.2) is 35.2 Å². The highest BCUT2D eigenvalue weighted by atomic mass is 32.2. The van der Waals surface area contributed by atoms with E-state index in [-0.39, 0.29) is 12.6 Å². The molecule has 6 heteroatoms. The Morgan fingerprint density at radius 2 is 1.96 bits per heavy atom. The molecular weight excluding hydrogens is 362 g/mol. The molecular formula is C21H25NO4S. The van der Waals surface area contributed by atoms with Crippen LogP contribution in [-0.4, -0.2) is 21.1 Å². The fraction of sp³-hybridized carbons (Fsp3) is 0.429. The summed E-state index contributed by atoms with van der Waals surface area (Å²) in [5.74, 6) is 1.53. The fourth-order valence-electron chi connectivity index (χ4n) is 3.88. The van der Waals surface area contributed by atoms with E-state index in [4.69, 9.17) is 9.47 Å². The monoisotopic (exact) mass is 387 g/mol. The molecule has 0 saturated heterocycles. The smallest absolute Gasteiger partial charge is 0.240 e. The second-order valence-corrected chi connectivity index (χ2v) is 9.01. The SMILES string of the molecule is CCOc1cc2c(cc1CNS(=O)(=O)c1ccc3c(c1)CCC3)O[C@H](C)C2. The summed E-state index contributed by atoms with van der Waals surface area (Å²) < 4.78 is 39.8. The molecule has 0 bridgehead atoms. The van der Waals surface area contributed by atoms with Gasteiger partial charge in [-0.05, 0) is 68.5 Å². The first-order chi connectivity index (χ1) is 13.0. The van der Waals surface area contributed by atoms with Gasteiger partial charge >= 0.3 is 0 Å². The van der Waals surface area contributed by atoms with Gasteiger partial charge in [-0.3, -0.25) is 0 Å². The van der Waals surface area contributed by atoms with E-state index in [9.17, 15) is 8.42 Å². The van der Waals surface area contributed by atoms with Crippen LogP contribution < -0.4 is 14.2 Å². The minimum Gasteiger partial charge on any atom is -0.494 e. The Hall–Kier alpha value is -2.05. The van der Waals surface area contributed by atoms with Crippen molar-refractivity contribution < 1.29 is 17.9 Å². The average molecular weight is 388 g/mol. The fourth-order valence-corrected chi connectivity index (χ4v) is 4.94. The summed E-state index contributed by atoms with van der Waals surface area (Å²) >= 11 is 0. The molecule has 2 aromatic rings. The van der Waals surface area contributed by atoms with Crippen LogP contribution in [-0.2, 0) is 35.8 Å². The van der Waals surface area contributed by atoms with Crippen LogP contribution in [0.25, 0.3) is 0 Å². The first-order valence-electron chi connectivity index (χ1n) is 9.53. The van der Waals surface area contributed by atoms with E-state index < -0.39 is 10.0 Å². The molecule has 0 fully saturated rings. The predicted molar refractivity (Wildman–Crippen MR) is 104 cm³/mol. The molecule has 0 saturated carbocycles. The number of benzene rings is 2. The summed E-state index contributed by atoms with van der Waals surface area (Å²) in [6, 6.07) is 9.31. The van der Waals surface area contributed by atoms with Crippen molar-refractivity contribution in [1.82, 2.24) is 4.72 Å². The van der Waals surface area contributed by atoms with Crippen LogP contribution in [0.5, 0.6) is 11.5 Å². The molecule has 0 spiro atoms. The lowest BCUT2D eigenvalue weighted by Gasteiger charge is -2.14. The second kappa shape index (κ2) is 7.17. The normalized spacial score (nSPS) is 18.1. The van der Waals surface area contributed by atoms with E-state index >= 15 is 0 Å². The van der Waals surface area contributed by atoms with E-state index in [2.05, 4.69) is 4.72 Å². The Balaban J connectivity index is 1.56. The van der Waals surface area contributed by atoms with Gasteiger partial charge in [0.05, 0.1) is 11.5 Å². The van der Waals surface area contributed by atoms with E-state index in [0.717, 1.165) is 48.1 Å². The Morgan fingerprint density at radius 1 is 1.15 bits per heavy atom. The number of aryl methyl sites for hydroxylation is 2. The standard InChI is InChI=1S/C21H25NO4S/c1-3-25-20-11-17-9-14(2)26-21(17)12-18(20)13-22-27(23,24)19-8-7-15-5-4-6-16(15)10-19/h7-8,10-12,14,22H,3-6,9,13H2,1-2H3/t14-/m1/s1. The maximum absolute atomic E-state index is 12.8. The number of sulfonamides is 1. The third kappa shape index (κ3) is 3.69. The molecule has 27 heavy (non-hydrogen) atoms. The van der Waals surface area contributed by atoms with E-state index in [1.807, 2.05) is 38.1 Å². The summed E-state index contributed by atoms with van der Waals surface area (Å²) in [5, 5.41) is 0. The third-order valence-electron chi connectivity index (χ3n) is 5.21. The minimum atomic E-state index is -3.58. The predicted octanol–water partition coefficient (Wildman–Crippen LogP) is 3.38. The van der Waals surface area contributed by atoms with E-state index in [1.54, 1.807) is 6.07 Å².